The summed E-state index contributed by atoms with van der Waals surface area (Å²) in [5, 5.41) is 15.5. The van der Waals surface area contributed by atoms with Gasteiger partial charge in [0.1, 0.15) is 17.4 Å². The molecule has 3 aliphatic heterocycles. The lowest BCUT2D eigenvalue weighted by molar-refractivity contribution is -0.160. The number of aryl methyl sites for hydroxylation is 2. The van der Waals surface area contributed by atoms with Crippen LogP contribution in [0.1, 0.15) is 83.2 Å². The normalized spacial score (nSPS) is 21.1. The Morgan fingerprint density at radius 3 is 2.55 bits per heavy atom. The van der Waals surface area contributed by atoms with E-state index >= 15 is 4.39 Å². The summed E-state index contributed by atoms with van der Waals surface area (Å²) < 4.78 is 36.6. The molecular formula is C37H45FN4O5. The molecule has 2 aromatic heterocycles. The minimum absolute atomic E-state index is 0.139. The van der Waals surface area contributed by atoms with Crippen LogP contribution in [-0.2, 0) is 14.3 Å². The molecule has 1 saturated heterocycles. The van der Waals surface area contributed by atoms with E-state index in [1.807, 2.05) is 71.0 Å². The lowest BCUT2D eigenvalue weighted by Gasteiger charge is -2.41. The Bertz CT molecular complexity index is 1800. The van der Waals surface area contributed by atoms with Crippen molar-refractivity contribution in [2.45, 2.75) is 97.6 Å². The second-order valence-corrected chi connectivity index (χ2v) is 14.2. The Labute approximate surface area is 275 Å². The van der Waals surface area contributed by atoms with Crippen LogP contribution in [0.15, 0.2) is 42.5 Å². The van der Waals surface area contributed by atoms with Gasteiger partial charge in [0.2, 0.25) is 0 Å². The maximum atomic E-state index is 15.8. The van der Waals surface area contributed by atoms with Crippen LogP contribution < -0.4 is 9.64 Å². The van der Waals surface area contributed by atoms with E-state index in [2.05, 4.69) is 11.8 Å². The second kappa shape index (κ2) is 12.5. The maximum Gasteiger partial charge on any atom is 0.337 e. The maximum absolute atomic E-state index is 15.8. The fraction of sp³-hybridized carbons (Fsp3) is 0.486. The van der Waals surface area contributed by atoms with Crippen molar-refractivity contribution in [1.82, 2.24) is 14.6 Å². The van der Waals surface area contributed by atoms with Crippen molar-refractivity contribution in [2.24, 2.45) is 0 Å². The first-order valence-electron chi connectivity index (χ1n) is 16.5. The molecule has 1 fully saturated rings. The van der Waals surface area contributed by atoms with Crippen LogP contribution >= 0.6 is 0 Å². The van der Waals surface area contributed by atoms with Crippen molar-refractivity contribution in [3.8, 4) is 28.1 Å². The van der Waals surface area contributed by atoms with Crippen LogP contribution in [0.3, 0.4) is 0 Å². The molecule has 2 aromatic carbocycles. The molecule has 9 nitrogen and oxygen atoms in total. The number of piperidine rings is 1. The number of ether oxygens (including phenoxy) is 3. The third-order valence-corrected chi connectivity index (χ3v) is 9.16. The van der Waals surface area contributed by atoms with Gasteiger partial charge in [-0.1, -0.05) is 24.3 Å². The molecule has 0 amide bonds. The fourth-order valence-electron chi connectivity index (χ4n) is 6.62. The lowest BCUT2D eigenvalue weighted by atomic mass is 9.92. The van der Waals surface area contributed by atoms with Gasteiger partial charge in [0.05, 0.1) is 34.1 Å². The van der Waals surface area contributed by atoms with Crippen molar-refractivity contribution in [3.05, 3.63) is 65.1 Å². The number of fused-ring (bicyclic) bond motifs is 7. The number of benzene rings is 2. The highest BCUT2D eigenvalue weighted by Gasteiger charge is 2.38. The standard InChI is InChI=1S/C37H45FN4O5/c1-22-13-14-28-31(32(22)38)26-12-8-11-25(20-26)27-21-29-39-24(3)30(33(35(43)44)47-36(4,5)6)34(42(29)40-27)41-17-15-37(7,16-18-41)45-19-9-10-23(2)46-28/h8,11-14,20-21,23,33H,9-10,15-19H2,1-7H3,(H,43,44). The molecule has 7 rings (SSSR count). The number of hydrogen-bond acceptors (Lipinski definition) is 7. The monoisotopic (exact) mass is 644 g/mol. The molecule has 0 spiro atoms. The Morgan fingerprint density at radius 1 is 1.13 bits per heavy atom. The lowest BCUT2D eigenvalue weighted by Crippen LogP contribution is -2.46. The summed E-state index contributed by atoms with van der Waals surface area (Å²) in [7, 11) is 0. The number of hydrogen-bond donors (Lipinski definition) is 1. The van der Waals surface area contributed by atoms with E-state index < -0.39 is 17.7 Å². The molecule has 2 atom stereocenters. The van der Waals surface area contributed by atoms with Gasteiger partial charge in [-0.25, -0.2) is 14.2 Å². The summed E-state index contributed by atoms with van der Waals surface area (Å²) in [5.41, 5.74) is 3.60. The highest BCUT2D eigenvalue weighted by atomic mass is 19.1. The summed E-state index contributed by atoms with van der Waals surface area (Å²) in [6, 6.07) is 13.1. The van der Waals surface area contributed by atoms with E-state index in [9.17, 15) is 9.90 Å². The summed E-state index contributed by atoms with van der Waals surface area (Å²) >= 11 is 0. The quantitative estimate of drug-likeness (QED) is 0.242. The smallest absolute Gasteiger partial charge is 0.337 e. The van der Waals surface area contributed by atoms with Crippen molar-refractivity contribution < 1.29 is 28.5 Å². The average Bonchev–Trinajstić information content (AvgIpc) is 3.43. The van der Waals surface area contributed by atoms with Gasteiger partial charge in [-0.05, 0) is 97.4 Å². The van der Waals surface area contributed by atoms with Crippen molar-refractivity contribution in [2.75, 3.05) is 24.6 Å². The zero-order chi connectivity index (χ0) is 33.7. The van der Waals surface area contributed by atoms with Gasteiger partial charge in [0.15, 0.2) is 11.8 Å². The van der Waals surface area contributed by atoms with Crippen LogP contribution in [0, 0.1) is 19.7 Å². The highest BCUT2D eigenvalue weighted by molar-refractivity contribution is 5.80. The van der Waals surface area contributed by atoms with Crippen molar-refractivity contribution in [3.63, 3.8) is 0 Å². The molecule has 2 unspecified atom stereocenters. The minimum Gasteiger partial charge on any atom is -0.490 e. The Kier molecular flexibility index (Phi) is 8.78. The Hall–Kier alpha value is -4.02. The largest absolute Gasteiger partial charge is 0.490 e. The van der Waals surface area contributed by atoms with Crippen LogP contribution in [0.2, 0.25) is 0 Å². The number of carboxylic acid groups (broad SMARTS) is 1. The predicted octanol–water partition coefficient (Wildman–Crippen LogP) is 7.70. The Balaban J connectivity index is 1.57. The number of anilines is 1. The van der Waals surface area contributed by atoms with Crippen LogP contribution in [-0.4, -0.2) is 62.7 Å². The van der Waals surface area contributed by atoms with Crippen LogP contribution in [0.4, 0.5) is 10.2 Å². The van der Waals surface area contributed by atoms with E-state index in [-0.39, 0.29) is 17.5 Å². The third kappa shape index (κ3) is 6.71. The zero-order valence-electron chi connectivity index (χ0n) is 28.4. The van der Waals surface area contributed by atoms with Gasteiger partial charge in [-0.15, -0.1) is 0 Å². The highest BCUT2D eigenvalue weighted by Crippen LogP contribution is 2.40. The molecule has 5 heterocycles. The van der Waals surface area contributed by atoms with Gasteiger partial charge < -0.3 is 24.2 Å². The van der Waals surface area contributed by atoms with Gasteiger partial charge in [0.25, 0.3) is 0 Å². The number of carboxylic acids is 1. The first-order chi connectivity index (χ1) is 22.2. The van der Waals surface area contributed by atoms with E-state index in [0.717, 1.165) is 31.2 Å². The molecular weight excluding hydrogens is 599 g/mol. The van der Waals surface area contributed by atoms with Gasteiger partial charge in [0, 0.05) is 37.0 Å². The van der Waals surface area contributed by atoms with Crippen molar-refractivity contribution in [1.29, 1.82) is 0 Å². The Morgan fingerprint density at radius 2 is 1.85 bits per heavy atom. The summed E-state index contributed by atoms with van der Waals surface area (Å²) in [6.07, 6.45) is 1.67. The molecule has 0 saturated carbocycles. The second-order valence-electron chi connectivity index (χ2n) is 14.2. The zero-order valence-corrected chi connectivity index (χ0v) is 28.4. The van der Waals surface area contributed by atoms with Crippen LogP contribution in [0.5, 0.6) is 5.75 Å². The number of rotatable bonds is 3. The predicted molar refractivity (Wildman–Crippen MR) is 180 cm³/mol. The summed E-state index contributed by atoms with van der Waals surface area (Å²) in [6.45, 7) is 15.1. The number of nitrogens with zero attached hydrogens (tertiary/aromatic N) is 4. The molecule has 6 bridgehead atoms. The molecule has 0 radical (unpaired) electrons. The number of carbonyl (C=O) groups is 1. The fourth-order valence-corrected chi connectivity index (χ4v) is 6.62. The van der Waals surface area contributed by atoms with E-state index in [1.54, 1.807) is 17.5 Å². The first-order valence-corrected chi connectivity index (χ1v) is 16.5. The molecule has 3 aliphatic rings. The molecule has 4 aromatic rings. The topological polar surface area (TPSA) is 98.4 Å². The van der Waals surface area contributed by atoms with Crippen LogP contribution in [0.25, 0.3) is 28.0 Å². The van der Waals surface area contributed by atoms with E-state index in [0.29, 0.717) is 70.6 Å². The molecule has 1 N–H and O–H groups in total. The summed E-state index contributed by atoms with van der Waals surface area (Å²) in [5.74, 6) is -0.265. The average molecular weight is 645 g/mol. The number of aromatic nitrogens is 3. The number of halogens is 1. The molecule has 0 aliphatic carbocycles. The van der Waals surface area contributed by atoms with Gasteiger partial charge >= 0.3 is 5.97 Å². The van der Waals surface area contributed by atoms with Gasteiger partial charge in [-0.3, -0.25) is 0 Å². The molecule has 47 heavy (non-hydrogen) atoms. The third-order valence-electron chi connectivity index (χ3n) is 9.16. The minimum atomic E-state index is -1.26. The molecule has 250 valence electrons. The summed E-state index contributed by atoms with van der Waals surface area (Å²) in [4.78, 5) is 19.8. The van der Waals surface area contributed by atoms with E-state index in [1.165, 1.54) is 0 Å². The van der Waals surface area contributed by atoms with E-state index in [4.69, 9.17) is 24.3 Å². The van der Waals surface area contributed by atoms with Gasteiger partial charge in [-0.2, -0.15) is 9.61 Å². The molecule has 10 heteroatoms. The van der Waals surface area contributed by atoms with Crippen molar-refractivity contribution >= 4 is 17.4 Å². The SMILES string of the molecule is Cc1ccc2c(c1F)-c1cccc(c1)-c1cc3nc(C)c(C(OC(C)(C)C)C(=O)O)c(n3n1)N1CCC(C)(CC1)OCCCC(C)O2. The number of aliphatic carboxylic acids is 1. The first kappa shape index (κ1) is 32.9.